The van der Waals surface area contributed by atoms with Crippen molar-refractivity contribution in [3.05, 3.63) is 53.3 Å². The topological polar surface area (TPSA) is 59.8 Å². The van der Waals surface area contributed by atoms with Crippen LogP contribution in [-0.4, -0.2) is 20.7 Å². The monoisotopic (exact) mass is 340 g/mol. The minimum atomic E-state index is -0.105. The maximum absolute atomic E-state index is 12.4. The Hall–Kier alpha value is -2.47. The lowest BCUT2D eigenvalue weighted by atomic mass is 10.2. The van der Waals surface area contributed by atoms with Crippen molar-refractivity contribution < 1.29 is 4.79 Å². The Morgan fingerprint density at radius 3 is 2.67 bits per heavy atom. The number of carbonyl (C=O) groups is 1. The summed E-state index contributed by atoms with van der Waals surface area (Å²) in [5.74, 6) is 0.517. The molecule has 6 heteroatoms. The summed E-state index contributed by atoms with van der Waals surface area (Å²) in [6.45, 7) is 6.05. The van der Waals surface area contributed by atoms with E-state index in [1.54, 1.807) is 11.3 Å². The maximum atomic E-state index is 12.4. The highest BCUT2D eigenvalue weighted by atomic mass is 32.1. The second-order valence-corrected chi connectivity index (χ2v) is 7.09. The highest BCUT2D eigenvalue weighted by molar-refractivity contribution is 7.15. The van der Waals surface area contributed by atoms with Crippen LogP contribution in [-0.2, 0) is 11.2 Å². The van der Waals surface area contributed by atoms with E-state index in [1.807, 2.05) is 54.2 Å². The van der Waals surface area contributed by atoms with Crippen LogP contribution in [0.25, 0.3) is 10.4 Å². The minimum absolute atomic E-state index is 0.105. The maximum Gasteiger partial charge on any atom is 0.231 e. The largest absolute Gasteiger partial charge is 0.309 e. The van der Waals surface area contributed by atoms with Gasteiger partial charge in [0, 0.05) is 12.2 Å². The van der Waals surface area contributed by atoms with Crippen molar-refractivity contribution in [2.24, 2.45) is 0 Å². The molecule has 2 aromatic heterocycles. The van der Waals surface area contributed by atoms with Crippen molar-refractivity contribution in [1.29, 1.82) is 0 Å². The fraction of sp³-hybridized carbons (Fsp3) is 0.278. The highest BCUT2D eigenvalue weighted by Crippen LogP contribution is 2.33. The average molecular weight is 340 g/mol. The van der Waals surface area contributed by atoms with E-state index in [9.17, 15) is 4.79 Å². The van der Waals surface area contributed by atoms with Gasteiger partial charge in [-0.2, -0.15) is 5.10 Å². The molecule has 0 saturated heterocycles. The molecule has 0 radical (unpaired) electrons. The quantitative estimate of drug-likeness (QED) is 0.761. The number of benzene rings is 1. The van der Waals surface area contributed by atoms with Crippen LogP contribution in [0.3, 0.4) is 0 Å². The number of hydrogen-bond acceptors (Lipinski definition) is 4. The van der Waals surface area contributed by atoms with Crippen molar-refractivity contribution in [1.82, 2.24) is 14.8 Å². The molecule has 1 aromatic carbocycles. The fourth-order valence-corrected chi connectivity index (χ4v) is 3.28. The Labute approximate surface area is 145 Å². The molecule has 1 N–H and O–H groups in total. The molecule has 124 valence electrons. The number of nitrogens with zero attached hydrogens (tertiary/aromatic N) is 3. The Kier molecular flexibility index (Phi) is 4.76. The molecule has 3 aromatic rings. The van der Waals surface area contributed by atoms with E-state index in [2.05, 4.69) is 29.2 Å². The van der Waals surface area contributed by atoms with Gasteiger partial charge in [-0.3, -0.25) is 9.48 Å². The number of thiazole rings is 1. The van der Waals surface area contributed by atoms with Crippen molar-refractivity contribution in [2.45, 2.75) is 33.2 Å². The van der Waals surface area contributed by atoms with Crippen molar-refractivity contribution in [2.75, 3.05) is 5.32 Å². The third-order valence-corrected chi connectivity index (χ3v) is 4.58. The zero-order valence-corrected chi connectivity index (χ0v) is 14.8. The number of carbonyl (C=O) groups excluding carboxylic acids is 1. The van der Waals surface area contributed by atoms with Gasteiger partial charge < -0.3 is 5.32 Å². The molecule has 0 aliphatic heterocycles. The highest BCUT2D eigenvalue weighted by Gasteiger charge is 2.15. The van der Waals surface area contributed by atoms with Crippen LogP contribution in [0.5, 0.6) is 0 Å². The van der Waals surface area contributed by atoms with Crippen molar-refractivity contribution in [3.63, 3.8) is 0 Å². The van der Waals surface area contributed by atoms with Crippen molar-refractivity contribution in [3.8, 4) is 10.4 Å². The number of aromatic nitrogens is 3. The molecule has 24 heavy (non-hydrogen) atoms. The Balaban J connectivity index is 1.75. The summed E-state index contributed by atoms with van der Waals surface area (Å²) < 4.78 is 1.85. The molecule has 0 fully saturated rings. The van der Waals surface area contributed by atoms with Gasteiger partial charge in [0.1, 0.15) is 0 Å². The SMILES string of the molecule is Cc1nc(NC(=O)Cc2ccn(C(C)C)n2)c(-c2ccccc2)s1. The molecule has 0 aliphatic rings. The smallest absolute Gasteiger partial charge is 0.231 e. The van der Waals surface area contributed by atoms with Gasteiger partial charge in [-0.25, -0.2) is 4.98 Å². The molecule has 2 heterocycles. The van der Waals surface area contributed by atoms with E-state index < -0.39 is 0 Å². The van der Waals surface area contributed by atoms with Gasteiger partial charge >= 0.3 is 0 Å². The molecule has 0 bridgehead atoms. The van der Waals surface area contributed by atoms with Gasteiger partial charge in [-0.1, -0.05) is 30.3 Å². The van der Waals surface area contributed by atoms with E-state index in [0.29, 0.717) is 5.82 Å². The second kappa shape index (κ2) is 6.97. The molecule has 0 atom stereocenters. The second-order valence-electron chi connectivity index (χ2n) is 5.88. The molecular formula is C18H20N4OS. The lowest BCUT2D eigenvalue weighted by molar-refractivity contribution is -0.115. The number of amides is 1. The molecule has 0 saturated carbocycles. The Bertz CT molecular complexity index is 836. The first-order valence-electron chi connectivity index (χ1n) is 7.89. The summed E-state index contributed by atoms with van der Waals surface area (Å²) in [5.41, 5.74) is 1.82. The third kappa shape index (κ3) is 3.71. The van der Waals surface area contributed by atoms with E-state index in [0.717, 1.165) is 21.1 Å². The van der Waals surface area contributed by atoms with Crippen LogP contribution in [0, 0.1) is 6.92 Å². The predicted molar refractivity (Wildman–Crippen MR) is 97.2 cm³/mol. The van der Waals surface area contributed by atoms with Crippen molar-refractivity contribution >= 4 is 23.1 Å². The van der Waals surface area contributed by atoms with Crippen LogP contribution in [0.2, 0.25) is 0 Å². The van der Waals surface area contributed by atoms with E-state index in [4.69, 9.17) is 0 Å². The van der Waals surface area contributed by atoms with Gasteiger partial charge in [-0.05, 0) is 32.4 Å². The summed E-state index contributed by atoms with van der Waals surface area (Å²) in [4.78, 5) is 17.8. The van der Waals surface area contributed by atoms with Crippen LogP contribution in [0.1, 0.15) is 30.6 Å². The van der Waals surface area contributed by atoms with E-state index in [1.165, 1.54) is 0 Å². The first-order valence-corrected chi connectivity index (χ1v) is 8.71. The fourth-order valence-electron chi connectivity index (χ4n) is 2.40. The molecule has 3 rings (SSSR count). The van der Waals surface area contributed by atoms with Gasteiger partial charge in [0.25, 0.3) is 0 Å². The van der Waals surface area contributed by atoms with Crippen LogP contribution in [0.4, 0.5) is 5.82 Å². The summed E-state index contributed by atoms with van der Waals surface area (Å²) >= 11 is 1.58. The summed E-state index contributed by atoms with van der Waals surface area (Å²) in [5, 5.41) is 8.27. The lowest BCUT2D eigenvalue weighted by Gasteiger charge is -2.05. The van der Waals surface area contributed by atoms with Crippen LogP contribution < -0.4 is 5.32 Å². The first-order chi connectivity index (χ1) is 11.5. The van der Waals surface area contributed by atoms with Gasteiger partial charge in [0.2, 0.25) is 5.91 Å². The van der Waals surface area contributed by atoms with Crippen LogP contribution >= 0.6 is 11.3 Å². The van der Waals surface area contributed by atoms with E-state index in [-0.39, 0.29) is 18.4 Å². The molecule has 0 spiro atoms. The summed E-state index contributed by atoms with van der Waals surface area (Å²) in [7, 11) is 0. The Morgan fingerprint density at radius 1 is 1.25 bits per heavy atom. The predicted octanol–water partition coefficient (Wildman–Crippen LogP) is 4.08. The summed E-state index contributed by atoms with van der Waals surface area (Å²) in [6.07, 6.45) is 2.14. The van der Waals surface area contributed by atoms with Gasteiger partial charge in [0.15, 0.2) is 5.82 Å². The average Bonchev–Trinajstić information content (AvgIpc) is 3.15. The number of hydrogen-bond donors (Lipinski definition) is 1. The molecule has 0 aliphatic carbocycles. The van der Waals surface area contributed by atoms with Gasteiger partial charge in [-0.15, -0.1) is 11.3 Å². The number of rotatable bonds is 5. The molecule has 1 amide bonds. The zero-order chi connectivity index (χ0) is 17.1. The Morgan fingerprint density at radius 2 is 2.00 bits per heavy atom. The standard InChI is InChI=1S/C18H20N4OS/c1-12(2)22-10-9-15(21-22)11-16(23)20-18-17(24-13(3)19-18)14-7-5-4-6-8-14/h4-10,12H,11H2,1-3H3,(H,20,23). The zero-order valence-electron chi connectivity index (χ0n) is 14.0. The molecule has 5 nitrogen and oxygen atoms in total. The lowest BCUT2D eigenvalue weighted by Crippen LogP contribution is -2.16. The molecule has 0 unspecified atom stereocenters. The number of nitrogens with one attached hydrogen (secondary N) is 1. The van der Waals surface area contributed by atoms with Crippen LogP contribution in [0.15, 0.2) is 42.6 Å². The number of anilines is 1. The minimum Gasteiger partial charge on any atom is -0.309 e. The number of aryl methyl sites for hydroxylation is 1. The van der Waals surface area contributed by atoms with E-state index >= 15 is 0 Å². The normalized spacial score (nSPS) is 11.0. The first kappa shape index (κ1) is 16.4. The van der Waals surface area contributed by atoms with Gasteiger partial charge in [0.05, 0.1) is 22.0 Å². The third-order valence-electron chi connectivity index (χ3n) is 3.56. The molecular weight excluding hydrogens is 320 g/mol. The summed E-state index contributed by atoms with van der Waals surface area (Å²) in [6, 6.07) is 12.1.